The summed E-state index contributed by atoms with van der Waals surface area (Å²) in [6.45, 7) is 4.99. The molecule has 1 saturated heterocycles. The molecule has 1 fully saturated rings. The average molecular weight is 288 g/mol. The third kappa shape index (κ3) is 3.36. The van der Waals surface area contributed by atoms with Crippen LogP contribution in [0, 0.1) is 0 Å². The van der Waals surface area contributed by atoms with Crippen LogP contribution in [0.25, 0.3) is 0 Å². The van der Waals surface area contributed by atoms with Crippen LogP contribution in [0.5, 0.6) is 0 Å². The predicted molar refractivity (Wildman–Crippen MR) is 70.3 cm³/mol. The van der Waals surface area contributed by atoms with Crippen molar-refractivity contribution in [2.45, 2.75) is 24.7 Å². The number of nitrogens with zero attached hydrogens (tertiary/aromatic N) is 2. The van der Waals surface area contributed by atoms with Gasteiger partial charge in [0.1, 0.15) is 5.76 Å². The Hall–Kier alpha value is -0.890. The first-order chi connectivity index (χ1) is 8.89. The summed E-state index contributed by atoms with van der Waals surface area (Å²) in [5, 5.41) is -0.00573. The molecule has 0 radical (unpaired) electrons. The van der Waals surface area contributed by atoms with Crippen LogP contribution < -0.4 is 0 Å². The summed E-state index contributed by atoms with van der Waals surface area (Å²) in [5.74, 6) is 0.662. The minimum atomic E-state index is -3.48. The van der Waals surface area contributed by atoms with Gasteiger partial charge in [-0.15, -0.1) is 0 Å². The monoisotopic (exact) mass is 288 g/mol. The molecular weight excluding hydrogens is 268 g/mol. The molecule has 7 heteroatoms. The lowest BCUT2D eigenvalue weighted by Crippen LogP contribution is -2.40. The standard InChI is InChI=1S/C12H20N2O4S/c1-10-8-14(6-7-17-10)9-11-4-5-12(18-11)19(15,16)13(2)3/h4-5,10H,6-9H2,1-3H3. The fraction of sp³-hybridized carbons (Fsp3) is 0.667. The predicted octanol–water partition coefficient (Wildman–Crippen LogP) is 0.751. The zero-order chi connectivity index (χ0) is 14.0. The van der Waals surface area contributed by atoms with Crippen molar-refractivity contribution in [1.29, 1.82) is 0 Å². The fourth-order valence-electron chi connectivity index (χ4n) is 2.02. The quantitative estimate of drug-likeness (QED) is 0.818. The Morgan fingerprint density at radius 1 is 1.42 bits per heavy atom. The van der Waals surface area contributed by atoms with Crippen molar-refractivity contribution in [2.75, 3.05) is 33.8 Å². The number of ether oxygens (including phenoxy) is 1. The molecule has 0 aromatic carbocycles. The molecule has 0 spiro atoms. The molecule has 1 aromatic heterocycles. The normalized spacial score (nSPS) is 22.0. The van der Waals surface area contributed by atoms with Crippen molar-refractivity contribution >= 4 is 10.0 Å². The minimum Gasteiger partial charge on any atom is -0.447 e. The van der Waals surface area contributed by atoms with E-state index in [4.69, 9.17) is 9.15 Å². The summed E-state index contributed by atoms with van der Waals surface area (Å²) >= 11 is 0. The van der Waals surface area contributed by atoms with Gasteiger partial charge < -0.3 is 9.15 Å². The van der Waals surface area contributed by atoms with E-state index in [0.717, 1.165) is 17.4 Å². The van der Waals surface area contributed by atoms with Gasteiger partial charge in [0, 0.05) is 27.2 Å². The summed E-state index contributed by atoms with van der Waals surface area (Å²) in [4.78, 5) is 2.19. The lowest BCUT2D eigenvalue weighted by atomic mass is 10.3. The van der Waals surface area contributed by atoms with Gasteiger partial charge in [-0.3, -0.25) is 4.90 Å². The Kier molecular flexibility index (Phi) is 4.29. The summed E-state index contributed by atoms with van der Waals surface area (Å²) in [7, 11) is -0.510. The molecule has 19 heavy (non-hydrogen) atoms. The SMILES string of the molecule is CC1CN(Cc2ccc(S(=O)(=O)N(C)C)o2)CCO1. The number of sulfonamides is 1. The van der Waals surface area contributed by atoms with Crippen molar-refractivity contribution in [3.63, 3.8) is 0 Å². The Labute approximate surface area is 114 Å². The van der Waals surface area contributed by atoms with E-state index < -0.39 is 10.0 Å². The molecule has 2 rings (SSSR count). The maximum absolute atomic E-state index is 11.9. The molecule has 0 bridgehead atoms. The summed E-state index contributed by atoms with van der Waals surface area (Å²) < 4.78 is 35.8. The molecular formula is C12H20N2O4S. The van der Waals surface area contributed by atoms with Gasteiger partial charge in [0.2, 0.25) is 5.09 Å². The second-order valence-corrected chi connectivity index (χ2v) is 7.01. The number of rotatable bonds is 4. The van der Waals surface area contributed by atoms with Gasteiger partial charge in [0.25, 0.3) is 10.0 Å². The lowest BCUT2D eigenvalue weighted by Gasteiger charge is -2.30. The van der Waals surface area contributed by atoms with Crippen molar-refractivity contribution in [1.82, 2.24) is 9.21 Å². The molecule has 108 valence electrons. The van der Waals surface area contributed by atoms with Crippen molar-refractivity contribution in [3.05, 3.63) is 17.9 Å². The second-order valence-electron chi connectivity index (χ2n) is 4.92. The van der Waals surface area contributed by atoms with Gasteiger partial charge in [-0.2, -0.15) is 0 Å². The van der Waals surface area contributed by atoms with E-state index in [1.165, 1.54) is 20.2 Å². The third-order valence-corrected chi connectivity index (χ3v) is 4.77. The van der Waals surface area contributed by atoms with Crippen LogP contribution in [0.4, 0.5) is 0 Å². The summed E-state index contributed by atoms with van der Waals surface area (Å²) in [6, 6.07) is 3.23. The number of hydrogen-bond acceptors (Lipinski definition) is 5. The van der Waals surface area contributed by atoms with Crippen molar-refractivity contribution < 1.29 is 17.6 Å². The number of hydrogen-bond donors (Lipinski definition) is 0. The third-order valence-electron chi connectivity index (χ3n) is 3.08. The van der Waals surface area contributed by atoms with E-state index >= 15 is 0 Å². The van der Waals surface area contributed by atoms with Gasteiger partial charge in [0.05, 0.1) is 19.3 Å². The van der Waals surface area contributed by atoms with Gasteiger partial charge in [-0.25, -0.2) is 12.7 Å². The van der Waals surface area contributed by atoms with Crippen molar-refractivity contribution in [3.8, 4) is 0 Å². The molecule has 0 amide bonds. The maximum atomic E-state index is 11.9. The van der Waals surface area contributed by atoms with Crippen LogP contribution in [-0.4, -0.2) is 57.5 Å². The first-order valence-corrected chi connectivity index (χ1v) is 7.69. The highest BCUT2D eigenvalue weighted by Gasteiger charge is 2.23. The molecule has 1 aromatic rings. The highest BCUT2D eigenvalue weighted by Crippen LogP contribution is 2.19. The van der Waals surface area contributed by atoms with E-state index in [1.54, 1.807) is 6.07 Å². The number of morpholine rings is 1. The minimum absolute atomic E-state index is 0.00573. The van der Waals surface area contributed by atoms with Gasteiger partial charge in [-0.05, 0) is 19.1 Å². The maximum Gasteiger partial charge on any atom is 0.275 e. The lowest BCUT2D eigenvalue weighted by molar-refractivity contribution is -0.0233. The largest absolute Gasteiger partial charge is 0.447 e. The van der Waals surface area contributed by atoms with Crippen LogP contribution in [-0.2, 0) is 21.3 Å². The summed E-state index contributed by atoms with van der Waals surface area (Å²) in [6.07, 6.45) is 0.202. The Balaban J connectivity index is 2.05. The van der Waals surface area contributed by atoms with E-state index in [9.17, 15) is 8.42 Å². The average Bonchev–Trinajstić information content (AvgIpc) is 2.78. The molecule has 1 aliphatic heterocycles. The smallest absolute Gasteiger partial charge is 0.275 e. The Morgan fingerprint density at radius 2 is 2.16 bits per heavy atom. The molecule has 1 unspecified atom stereocenters. The van der Waals surface area contributed by atoms with Crippen LogP contribution in [0.1, 0.15) is 12.7 Å². The first kappa shape index (κ1) is 14.5. The fourth-order valence-corrected chi connectivity index (χ4v) is 2.83. The van der Waals surface area contributed by atoms with Crippen LogP contribution >= 0.6 is 0 Å². The van der Waals surface area contributed by atoms with Crippen molar-refractivity contribution in [2.24, 2.45) is 0 Å². The second kappa shape index (κ2) is 5.62. The van der Waals surface area contributed by atoms with E-state index in [1.807, 2.05) is 6.92 Å². The van der Waals surface area contributed by atoms with Gasteiger partial charge >= 0.3 is 0 Å². The highest BCUT2D eigenvalue weighted by molar-refractivity contribution is 7.88. The van der Waals surface area contributed by atoms with Crippen LogP contribution in [0.3, 0.4) is 0 Å². The molecule has 0 N–H and O–H groups in total. The van der Waals surface area contributed by atoms with E-state index in [-0.39, 0.29) is 11.2 Å². The Morgan fingerprint density at radius 3 is 2.79 bits per heavy atom. The number of furan rings is 1. The molecule has 0 aliphatic carbocycles. The zero-order valence-electron chi connectivity index (χ0n) is 11.5. The van der Waals surface area contributed by atoms with Crippen LogP contribution in [0.2, 0.25) is 0 Å². The molecule has 1 atom stereocenters. The van der Waals surface area contributed by atoms with E-state index in [2.05, 4.69) is 4.90 Å². The Bertz CT molecular complexity index is 524. The summed E-state index contributed by atoms with van der Waals surface area (Å²) in [5.41, 5.74) is 0. The molecule has 2 heterocycles. The van der Waals surface area contributed by atoms with Gasteiger partial charge in [0.15, 0.2) is 0 Å². The molecule has 6 nitrogen and oxygen atoms in total. The van der Waals surface area contributed by atoms with Gasteiger partial charge in [-0.1, -0.05) is 0 Å². The first-order valence-electron chi connectivity index (χ1n) is 6.25. The van der Waals surface area contributed by atoms with E-state index in [0.29, 0.717) is 18.9 Å². The molecule has 0 saturated carbocycles. The molecule has 1 aliphatic rings. The van der Waals surface area contributed by atoms with Crippen LogP contribution in [0.15, 0.2) is 21.6 Å². The zero-order valence-corrected chi connectivity index (χ0v) is 12.3. The highest BCUT2D eigenvalue weighted by atomic mass is 32.2. The topological polar surface area (TPSA) is 63.0 Å².